The second kappa shape index (κ2) is 4.53. The van der Waals surface area contributed by atoms with Gasteiger partial charge in [0, 0.05) is 19.6 Å². The zero-order chi connectivity index (χ0) is 9.80. The van der Waals surface area contributed by atoms with E-state index in [1.54, 1.807) is 0 Å². The van der Waals surface area contributed by atoms with Gasteiger partial charge in [-0.05, 0) is 5.56 Å². The van der Waals surface area contributed by atoms with Gasteiger partial charge in [-0.15, -0.1) is 0 Å². The monoisotopic (exact) mass is 194 g/mol. The highest BCUT2D eigenvalue weighted by molar-refractivity contribution is 5.19. The summed E-state index contributed by atoms with van der Waals surface area (Å²) in [5.41, 5.74) is 0.758. The van der Waals surface area contributed by atoms with E-state index < -0.39 is 6.17 Å². The third-order valence-electron chi connectivity index (χ3n) is 2.54. The van der Waals surface area contributed by atoms with Crippen molar-refractivity contribution in [1.82, 2.24) is 10.6 Å². The van der Waals surface area contributed by atoms with Crippen molar-refractivity contribution in [3.63, 3.8) is 0 Å². The van der Waals surface area contributed by atoms with E-state index in [0.717, 1.165) is 18.7 Å². The Labute approximate surface area is 83.5 Å². The Morgan fingerprint density at radius 3 is 2.64 bits per heavy atom. The standard InChI is InChI=1S/C11H15FN2/c12-11(9-4-2-1-3-5-9)10-8-13-6-7-14-10/h1-5,10-11,13-14H,6-8H2/t10-,11?/m1/s1. The van der Waals surface area contributed by atoms with Gasteiger partial charge in [0.05, 0.1) is 6.04 Å². The maximum atomic E-state index is 13.9. The molecule has 0 aromatic heterocycles. The fourth-order valence-electron chi connectivity index (χ4n) is 1.75. The third-order valence-corrected chi connectivity index (χ3v) is 2.54. The fourth-order valence-corrected chi connectivity index (χ4v) is 1.75. The minimum absolute atomic E-state index is 0.0915. The number of nitrogens with one attached hydrogen (secondary N) is 2. The molecular weight excluding hydrogens is 179 g/mol. The quantitative estimate of drug-likeness (QED) is 0.740. The molecule has 2 atom stereocenters. The average molecular weight is 194 g/mol. The summed E-state index contributed by atoms with van der Waals surface area (Å²) in [4.78, 5) is 0. The smallest absolute Gasteiger partial charge is 0.142 e. The number of benzene rings is 1. The number of halogens is 1. The molecule has 0 radical (unpaired) electrons. The van der Waals surface area contributed by atoms with Gasteiger partial charge in [0.1, 0.15) is 6.17 Å². The third kappa shape index (κ3) is 2.11. The molecule has 14 heavy (non-hydrogen) atoms. The zero-order valence-corrected chi connectivity index (χ0v) is 8.04. The molecule has 0 saturated carbocycles. The van der Waals surface area contributed by atoms with Crippen molar-refractivity contribution in [3.05, 3.63) is 35.9 Å². The van der Waals surface area contributed by atoms with Gasteiger partial charge >= 0.3 is 0 Å². The summed E-state index contributed by atoms with van der Waals surface area (Å²) in [6, 6.07) is 9.23. The van der Waals surface area contributed by atoms with E-state index in [-0.39, 0.29) is 6.04 Å². The van der Waals surface area contributed by atoms with Crippen LogP contribution >= 0.6 is 0 Å². The molecule has 0 amide bonds. The number of piperazine rings is 1. The molecule has 1 aliphatic heterocycles. The van der Waals surface area contributed by atoms with Crippen LogP contribution in [0.15, 0.2) is 30.3 Å². The molecule has 76 valence electrons. The summed E-state index contributed by atoms with van der Waals surface area (Å²) in [6.07, 6.45) is -0.913. The lowest BCUT2D eigenvalue weighted by atomic mass is 10.0. The first-order chi connectivity index (χ1) is 6.88. The molecule has 1 fully saturated rings. The highest BCUT2D eigenvalue weighted by Gasteiger charge is 2.23. The first-order valence-corrected chi connectivity index (χ1v) is 5.01. The number of hydrogen-bond acceptors (Lipinski definition) is 2. The van der Waals surface area contributed by atoms with Gasteiger partial charge < -0.3 is 10.6 Å². The first kappa shape index (κ1) is 9.62. The minimum Gasteiger partial charge on any atom is -0.314 e. The summed E-state index contributed by atoms with van der Waals surface area (Å²) in [5.74, 6) is 0. The van der Waals surface area contributed by atoms with Crippen molar-refractivity contribution in [2.75, 3.05) is 19.6 Å². The number of alkyl halides is 1. The summed E-state index contributed by atoms with van der Waals surface area (Å²) < 4.78 is 13.9. The van der Waals surface area contributed by atoms with Crippen LogP contribution < -0.4 is 10.6 Å². The fraction of sp³-hybridized carbons (Fsp3) is 0.455. The van der Waals surface area contributed by atoms with Crippen LogP contribution in [-0.4, -0.2) is 25.7 Å². The van der Waals surface area contributed by atoms with E-state index in [0.29, 0.717) is 6.54 Å². The van der Waals surface area contributed by atoms with Crippen LogP contribution in [-0.2, 0) is 0 Å². The molecule has 1 saturated heterocycles. The topological polar surface area (TPSA) is 24.1 Å². The molecule has 1 aliphatic rings. The van der Waals surface area contributed by atoms with Gasteiger partial charge in [0.25, 0.3) is 0 Å². The maximum absolute atomic E-state index is 13.9. The Hall–Kier alpha value is -0.930. The summed E-state index contributed by atoms with van der Waals surface area (Å²) in [5, 5.41) is 6.36. The molecule has 1 heterocycles. The van der Waals surface area contributed by atoms with Crippen LogP contribution in [0.1, 0.15) is 11.7 Å². The number of rotatable bonds is 2. The van der Waals surface area contributed by atoms with Crippen LogP contribution in [0.2, 0.25) is 0 Å². The predicted octanol–water partition coefficient (Wildman–Crippen LogP) is 1.26. The van der Waals surface area contributed by atoms with E-state index in [4.69, 9.17) is 0 Å². The number of hydrogen-bond donors (Lipinski definition) is 2. The van der Waals surface area contributed by atoms with Crippen molar-refractivity contribution in [1.29, 1.82) is 0 Å². The normalized spacial score (nSPS) is 24.5. The van der Waals surface area contributed by atoms with Crippen molar-refractivity contribution < 1.29 is 4.39 Å². The summed E-state index contributed by atoms with van der Waals surface area (Å²) in [6.45, 7) is 2.48. The van der Waals surface area contributed by atoms with Crippen molar-refractivity contribution >= 4 is 0 Å². The highest BCUT2D eigenvalue weighted by Crippen LogP contribution is 2.21. The predicted molar refractivity (Wildman–Crippen MR) is 55.0 cm³/mol. The summed E-state index contributed by atoms with van der Waals surface area (Å²) in [7, 11) is 0. The van der Waals surface area contributed by atoms with E-state index in [1.165, 1.54) is 0 Å². The minimum atomic E-state index is -0.913. The lowest BCUT2D eigenvalue weighted by Crippen LogP contribution is -2.50. The molecule has 1 aromatic rings. The molecule has 0 bridgehead atoms. The molecule has 2 rings (SSSR count). The Morgan fingerprint density at radius 1 is 1.21 bits per heavy atom. The molecule has 0 spiro atoms. The largest absolute Gasteiger partial charge is 0.314 e. The second-order valence-electron chi connectivity index (χ2n) is 3.58. The van der Waals surface area contributed by atoms with Crippen molar-refractivity contribution in [3.8, 4) is 0 Å². The molecule has 1 unspecified atom stereocenters. The first-order valence-electron chi connectivity index (χ1n) is 5.01. The van der Waals surface area contributed by atoms with Gasteiger partial charge in [-0.25, -0.2) is 4.39 Å². The van der Waals surface area contributed by atoms with Crippen LogP contribution in [0.25, 0.3) is 0 Å². The maximum Gasteiger partial charge on any atom is 0.142 e. The molecule has 3 heteroatoms. The molecule has 0 aliphatic carbocycles. The Balaban J connectivity index is 2.03. The van der Waals surface area contributed by atoms with E-state index in [1.807, 2.05) is 30.3 Å². The SMILES string of the molecule is FC(c1ccccc1)[C@H]1CNCCN1. The van der Waals surface area contributed by atoms with Crippen LogP contribution in [0.4, 0.5) is 4.39 Å². The van der Waals surface area contributed by atoms with Crippen LogP contribution in [0.5, 0.6) is 0 Å². The van der Waals surface area contributed by atoms with Crippen LogP contribution in [0, 0.1) is 0 Å². The second-order valence-corrected chi connectivity index (χ2v) is 3.58. The molecular formula is C11H15FN2. The van der Waals surface area contributed by atoms with Crippen molar-refractivity contribution in [2.45, 2.75) is 12.2 Å². The lowest BCUT2D eigenvalue weighted by Gasteiger charge is -2.27. The van der Waals surface area contributed by atoms with Gasteiger partial charge in [0.2, 0.25) is 0 Å². The summed E-state index contributed by atoms with van der Waals surface area (Å²) >= 11 is 0. The Morgan fingerprint density at radius 2 is 2.00 bits per heavy atom. The Bertz CT molecular complexity index is 270. The zero-order valence-electron chi connectivity index (χ0n) is 8.04. The van der Waals surface area contributed by atoms with Gasteiger partial charge in [-0.2, -0.15) is 0 Å². The average Bonchev–Trinajstić information content (AvgIpc) is 2.30. The highest BCUT2D eigenvalue weighted by atomic mass is 19.1. The van der Waals surface area contributed by atoms with Gasteiger partial charge in [-0.1, -0.05) is 30.3 Å². The van der Waals surface area contributed by atoms with E-state index in [9.17, 15) is 4.39 Å². The van der Waals surface area contributed by atoms with E-state index in [2.05, 4.69) is 10.6 Å². The lowest BCUT2D eigenvalue weighted by molar-refractivity contribution is 0.231. The van der Waals surface area contributed by atoms with Gasteiger partial charge in [0.15, 0.2) is 0 Å². The molecule has 1 aromatic carbocycles. The Kier molecular flexibility index (Phi) is 3.11. The van der Waals surface area contributed by atoms with Gasteiger partial charge in [-0.3, -0.25) is 0 Å². The molecule has 2 nitrogen and oxygen atoms in total. The van der Waals surface area contributed by atoms with Crippen LogP contribution in [0.3, 0.4) is 0 Å². The van der Waals surface area contributed by atoms with Crippen molar-refractivity contribution in [2.24, 2.45) is 0 Å². The molecule has 2 N–H and O–H groups in total. The van der Waals surface area contributed by atoms with E-state index >= 15 is 0 Å².